The number of aromatic nitrogens is 2. The zero-order valence-corrected chi connectivity index (χ0v) is 10.6. The molecule has 0 unspecified atom stereocenters. The van der Waals surface area contributed by atoms with Crippen molar-refractivity contribution in [3.8, 4) is 11.5 Å². The largest absolute Gasteiger partial charge is 0.395 e. The van der Waals surface area contributed by atoms with Crippen LogP contribution < -0.4 is 0 Å². The molecule has 5 nitrogen and oxygen atoms in total. The minimum atomic E-state index is 0.124. The molecule has 5 heteroatoms. The molecule has 1 heterocycles. The molecule has 0 atom stereocenters. The van der Waals surface area contributed by atoms with Crippen LogP contribution in [-0.4, -0.2) is 40.3 Å². The molecule has 2 aromatic rings. The van der Waals surface area contributed by atoms with Gasteiger partial charge in [-0.15, -0.1) is 0 Å². The lowest BCUT2D eigenvalue weighted by molar-refractivity contribution is 0.213. The maximum atomic E-state index is 8.82. The number of aryl methyl sites for hydroxylation is 1. The first-order chi connectivity index (χ1) is 8.69. The van der Waals surface area contributed by atoms with E-state index in [0.717, 1.165) is 5.56 Å². The highest BCUT2D eigenvalue weighted by molar-refractivity contribution is 5.53. The Bertz CT molecular complexity index is 493. The summed E-state index contributed by atoms with van der Waals surface area (Å²) in [7, 11) is 1.90. The van der Waals surface area contributed by atoms with Crippen LogP contribution >= 0.6 is 0 Å². The second-order valence-corrected chi connectivity index (χ2v) is 4.34. The van der Waals surface area contributed by atoms with Gasteiger partial charge in [0.1, 0.15) is 0 Å². The van der Waals surface area contributed by atoms with Gasteiger partial charge >= 0.3 is 0 Å². The van der Waals surface area contributed by atoms with Crippen molar-refractivity contribution in [3.05, 3.63) is 35.7 Å². The van der Waals surface area contributed by atoms with Crippen molar-refractivity contribution >= 4 is 0 Å². The van der Waals surface area contributed by atoms with E-state index in [1.54, 1.807) is 0 Å². The summed E-state index contributed by atoms with van der Waals surface area (Å²) in [6.07, 6.45) is 0. The third-order valence-electron chi connectivity index (χ3n) is 2.66. The molecule has 0 aliphatic carbocycles. The molecular weight excluding hydrogens is 230 g/mol. The first kappa shape index (κ1) is 12.7. The number of rotatable bonds is 5. The van der Waals surface area contributed by atoms with Crippen LogP contribution in [0.4, 0.5) is 0 Å². The first-order valence-electron chi connectivity index (χ1n) is 5.88. The van der Waals surface area contributed by atoms with Crippen LogP contribution in [0.25, 0.3) is 11.5 Å². The van der Waals surface area contributed by atoms with Gasteiger partial charge in [-0.2, -0.15) is 4.98 Å². The van der Waals surface area contributed by atoms with Crippen LogP contribution in [0.1, 0.15) is 11.4 Å². The quantitative estimate of drug-likeness (QED) is 0.866. The lowest BCUT2D eigenvalue weighted by Gasteiger charge is -2.11. The number of hydrogen-bond donors (Lipinski definition) is 1. The Labute approximate surface area is 106 Å². The smallest absolute Gasteiger partial charge is 0.257 e. The summed E-state index contributed by atoms with van der Waals surface area (Å²) in [4.78, 5) is 6.27. The minimum absolute atomic E-state index is 0.124. The summed E-state index contributed by atoms with van der Waals surface area (Å²) in [5.74, 6) is 1.16. The van der Waals surface area contributed by atoms with Crippen LogP contribution in [0.2, 0.25) is 0 Å². The van der Waals surface area contributed by atoms with E-state index in [0.29, 0.717) is 24.8 Å². The second-order valence-electron chi connectivity index (χ2n) is 4.34. The van der Waals surface area contributed by atoms with Gasteiger partial charge in [0.05, 0.1) is 13.2 Å². The molecule has 96 valence electrons. The van der Waals surface area contributed by atoms with E-state index in [1.807, 2.05) is 43.1 Å². The highest BCUT2D eigenvalue weighted by Gasteiger charge is 2.10. The molecule has 18 heavy (non-hydrogen) atoms. The van der Waals surface area contributed by atoms with Crippen molar-refractivity contribution in [1.29, 1.82) is 0 Å². The summed E-state index contributed by atoms with van der Waals surface area (Å²) < 4.78 is 5.22. The van der Waals surface area contributed by atoms with Gasteiger partial charge in [0, 0.05) is 12.1 Å². The molecule has 2 rings (SSSR count). The molecule has 0 aliphatic rings. The van der Waals surface area contributed by atoms with Crippen molar-refractivity contribution in [2.75, 3.05) is 20.2 Å². The fourth-order valence-corrected chi connectivity index (χ4v) is 1.62. The summed E-state index contributed by atoms with van der Waals surface area (Å²) in [5, 5.41) is 12.7. The van der Waals surface area contributed by atoms with E-state index in [4.69, 9.17) is 9.63 Å². The maximum Gasteiger partial charge on any atom is 0.257 e. The Balaban J connectivity index is 2.08. The Hall–Kier alpha value is -1.72. The second kappa shape index (κ2) is 5.75. The zero-order chi connectivity index (χ0) is 13.0. The average molecular weight is 247 g/mol. The third kappa shape index (κ3) is 3.15. The number of hydrogen-bond acceptors (Lipinski definition) is 5. The van der Waals surface area contributed by atoms with Crippen molar-refractivity contribution in [2.24, 2.45) is 0 Å². The van der Waals surface area contributed by atoms with Crippen LogP contribution in [0.15, 0.2) is 28.8 Å². The van der Waals surface area contributed by atoms with Crippen LogP contribution in [0.3, 0.4) is 0 Å². The number of nitrogens with zero attached hydrogens (tertiary/aromatic N) is 3. The van der Waals surface area contributed by atoms with Gasteiger partial charge < -0.3 is 9.63 Å². The van der Waals surface area contributed by atoms with Gasteiger partial charge in [-0.25, -0.2) is 0 Å². The molecular formula is C13H17N3O2. The van der Waals surface area contributed by atoms with Crippen molar-refractivity contribution in [3.63, 3.8) is 0 Å². The lowest BCUT2D eigenvalue weighted by Crippen LogP contribution is -2.22. The van der Waals surface area contributed by atoms with Crippen molar-refractivity contribution in [2.45, 2.75) is 13.5 Å². The van der Waals surface area contributed by atoms with Crippen molar-refractivity contribution in [1.82, 2.24) is 15.0 Å². The van der Waals surface area contributed by atoms with E-state index in [-0.39, 0.29) is 6.61 Å². The molecule has 0 fully saturated rings. The molecule has 0 radical (unpaired) electrons. The normalized spacial score (nSPS) is 11.1. The molecule has 1 N–H and O–H groups in total. The SMILES string of the molecule is Cc1ccc(-c2nc(CN(C)CCO)no2)cc1. The Morgan fingerprint density at radius 3 is 2.67 bits per heavy atom. The number of likely N-dealkylation sites (N-methyl/N-ethyl adjacent to an activating group) is 1. The highest BCUT2D eigenvalue weighted by atomic mass is 16.5. The first-order valence-corrected chi connectivity index (χ1v) is 5.88. The van der Waals surface area contributed by atoms with E-state index >= 15 is 0 Å². The topological polar surface area (TPSA) is 62.4 Å². The summed E-state index contributed by atoms with van der Waals surface area (Å²) in [5.41, 5.74) is 2.12. The molecule has 0 aliphatic heterocycles. The van der Waals surface area contributed by atoms with Crippen molar-refractivity contribution < 1.29 is 9.63 Å². The standard InChI is InChI=1S/C13H17N3O2/c1-10-3-5-11(6-4-10)13-14-12(15-18-13)9-16(2)7-8-17/h3-6,17H,7-9H2,1-2H3. The number of aliphatic hydroxyl groups is 1. The van der Waals surface area contributed by atoms with Gasteiger partial charge in [0.15, 0.2) is 5.82 Å². The van der Waals surface area contributed by atoms with Gasteiger partial charge in [0.2, 0.25) is 0 Å². The minimum Gasteiger partial charge on any atom is -0.395 e. The molecule has 0 spiro atoms. The summed E-state index contributed by atoms with van der Waals surface area (Å²) in [6, 6.07) is 7.95. The predicted octanol–water partition coefficient (Wildman–Crippen LogP) is 1.47. The summed E-state index contributed by atoms with van der Waals surface area (Å²) >= 11 is 0. The third-order valence-corrected chi connectivity index (χ3v) is 2.66. The highest BCUT2D eigenvalue weighted by Crippen LogP contribution is 2.17. The lowest BCUT2D eigenvalue weighted by atomic mass is 10.1. The molecule has 1 aromatic carbocycles. The Morgan fingerprint density at radius 1 is 1.28 bits per heavy atom. The molecule has 0 saturated carbocycles. The Kier molecular flexibility index (Phi) is 4.07. The fraction of sp³-hybridized carbons (Fsp3) is 0.385. The van der Waals surface area contributed by atoms with E-state index in [1.165, 1.54) is 5.56 Å². The van der Waals surface area contributed by atoms with Gasteiger partial charge in [-0.1, -0.05) is 22.9 Å². The number of benzene rings is 1. The Morgan fingerprint density at radius 2 is 2.00 bits per heavy atom. The molecule has 0 saturated heterocycles. The molecule has 0 amide bonds. The van der Waals surface area contributed by atoms with Crippen LogP contribution in [-0.2, 0) is 6.54 Å². The van der Waals surface area contributed by atoms with Crippen LogP contribution in [0, 0.1) is 6.92 Å². The molecule has 1 aromatic heterocycles. The van der Waals surface area contributed by atoms with Crippen LogP contribution in [0.5, 0.6) is 0 Å². The monoisotopic (exact) mass is 247 g/mol. The average Bonchev–Trinajstić information content (AvgIpc) is 2.78. The van der Waals surface area contributed by atoms with Gasteiger partial charge in [0.25, 0.3) is 5.89 Å². The fourth-order valence-electron chi connectivity index (χ4n) is 1.62. The van der Waals surface area contributed by atoms with E-state index < -0.39 is 0 Å². The van der Waals surface area contributed by atoms with Gasteiger partial charge in [-0.05, 0) is 26.1 Å². The maximum absolute atomic E-state index is 8.82. The summed E-state index contributed by atoms with van der Waals surface area (Å²) in [6.45, 7) is 3.32. The zero-order valence-electron chi connectivity index (χ0n) is 10.6. The van der Waals surface area contributed by atoms with E-state index in [9.17, 15) is 0 Å². The molecule has 0 bridgehead atoms. The number of aliphatic hydroxyl groups excluding tert-OH is 1. The van der Waals surface area contributed by atoms with E-state index in [2.05, 4.69) is 10.1 Å². The predicted molar refractivity (Wildman–Crippen MR) is 67.9 cm³/mol. The van der Waals surface area contributed by atoms with Gasteiger partial charge in [-0.3, -0.25) is 4.90 Å².